The van der Waals surface area contributed by atoms with Gasteiger partial charge < -0.3 is 5.11 Å². The highest BCUT2D eigenvalue weighted by atomic mass is 16.4. The van der Waals surface area contributed by atoms with Crippen molar-refractivity contribution in [3.8, 4) is 0 Å². The number of hydrogen-bond acceptors (Lipinski definition) is 4. The Balaban J connectivity index is 2.17. The Morgan fingerprint density at radius 3 is 2.88 bits per heavy atom. The summed E-state index contributed by atoms with van der Waals surface area (Å²) in [5, 5.41) is 11.8. The van der Waals surface area contributed by atoms with E-state index in [-0.39, 0.29) is 18.2 Å². The highest BCUT2D eigenvalue weighted by Gasteiger charge is 2.32. The summed E-state index contributed by atoms with van der Waals surface area (Å²) in [5.74, 6) is -1.03. The third-order valence-corrected chi connectivity index (χ3v) is 2.61. The summed E-state index contributed by atoms with van der Waals surface area (Å²) in [6, 6.07) is 4.30. The molecular formula is C11H12N2O3. The molecule has 1 fully saturated rings. The van der Waals surface area contributed by atoms with E-state index in [4.69, 9.17) is 5.11 Å². The van der Waals surface area contributed by atoms with Crippen LogP contribution in [0.1, 0.15) is 24.6 Å². The van der Waals surface area contributed by atoms with Crippen molar-refractivity contribution in [2.24, 2.45) is 0 Å². The quantitative estimate of drug-likeness (QED) is 0.760. The normalized spacial score (nSPS) is 25.4. The first-order valence-electron chi connectivity index (χ1n) is 5.08. The van der Waals surface area contributed by atoms with E-state index in [0.717, 1.165) is 0 Å². The molecule has 1 aliphatic heterocycles. The molecule has 5 nitrogen and oxygen atoms in total. The monoisotopic (exact) mass is 220 g/mol. The summed E-state index contributed by atoms with van der Waals surface area (Å²) in [7, 11) is 0. The van der Waals surface area contributed by atoms with Gasteiger partial charge in [0.2, 0.25) is 0 Å². The molecule has 2 atom stereocenters. The number of carboxylic acid groups (broad SMARTS) is 1. The van der Waals surface area contributed by atoms with Crippen LogP contribution in [0.3, 0.4) is 0 Å². The number of nitrogens with zero attached hydrogens (tertiary/aromatic N) is 1. The molecule has 0 bridgehead atoms. The highest BCUT2D eigenvalue weighted by molar-refractivity contribution is 5.87. The van der Waals surface area contributed by atoms with Gasteiger partial charge in [0, 0.05) is 19.0 Å². The summed E-state index contributed by atoms with van der Waals surface area (Å²) >= 11 is 0. The lowest BCUT2D eigenvalue weighted by Gasteiger charge is -2.27. The van der Waals surface area contributed by atoms with Crippen LogP contribution in [0.25, 0.3) is 0 Å². The van der Waals surface area contributed by atoms with Gasteiger partial charge in [0.1, 0.15) is 11.8 Å². The van der Waals surface area contributed by atoms with E-state index in [1.54, 1.807) is 18.3 Å². The molecule has 0 saturated carbocycles. The number of aromatic nitrogens is 1. The van der Waals surface area contributed by atoms with E-state index < -0.39 is 12.0 Å². The second-order valence-electron chi connectivity index (χ2n) is 3.81. The van der Waals surface area contributed by atoms with Crippen LogP contribution < -0.4 is 5.32 Å². The van der Waals surface area contributed by atoms with Gasteiger partial charge in [-0.05, 0) is 12.1 Å². The molecule has 0 aromatic carbocycles. The number of ketones is 1. The van der Waals surface area contributed by atoms with Crippen LogP contribution in [-0.4, -0.2) is 27.9 Å². The Morgan fingerprint density at radius 1 is 1.44 bits per heavy atom. The van der Waals surface area contributed by atoms with Crippen LogP contribution in [-0.2, 0) is 9.59 Å². The second-order valence-corrected chi connectivity index (χ2v) is 3.81. The Labute approximate surface area is 92.5 Å². The Morgan fingerprint density at radius 2 is 2.25 bits per heavy atom. The number of carbonyl (C=O) groups excluding carboxylic acids is 1. The van der Waals surface area contributed by atoms with E-state index in [1.807, 2.05) is 6.07 Å². The maximum atomic E-state index is 11.4. The van der Waals surface area contributed by atoms with E-state index in [2.05, 4.69) is 10.3 Å². The van der Waals surface area contributed by atoms with E-state index >= 15 is 0 Å². The Hall–Kier alpha value is -1.75. The van der Waals surface area contributed by atoms with Crippen molar-refractivity contribution in [3.05, 3.63) is 30.1 Å². The third-order valence-electron chi connectivity index (χ3n) is 2.61. The minimum absolute atomic E-state index is 0.0400. The lowest BCUT2D eigenvalue weighted by atomic mass is 9.95. The predicted molar refractivity (Wildman–Crippen MR) is 55.8 cm³/mol. The fourth-order valence-corrected chi connectivity index (χ4v) is 1.83. The van der Waals surface area contributed by atoms with Gasteiger partial charge in [0.05, 0.1) is 11.7 Å². The van der Waals surface area contributed by atoms with Crippen molar-refractivity contribution in [1.29, 1.82) is 0 Å². The Bertz CT molecular complexity index is 405. The lowest BCUT2D eigenvalue weighted by Crippen LogP contribution is -2.45. The summed E-state index contributed by atoms with van der Waals surface area (Å²) < 4.78 is 0. The van der Waals surface area contributed by atoms with Crippen molar-refractivity contribution in [2.75, 3.05) is 0 Å². The smallest absolute Gasteiger partial charge is 0.321 e. The molecule has 2 N–H and O–H groups in total. The summed E-state index contributed by atoms with van der Waals surface area (Å²) in [6.45, 7) is 0. The van der Waals surface area contributed by atoms with E-state index in [1.165, 1.54) is 0 Å². The molecule has 0 spiro atoms. The van der Waals surface area contributed by atoms with Gasteiger partial charge in [-0.3, -0.25) is 19.9 Å². The van der Waals surface area contributed by atoms with Gasteiger partial charge in [0.15, 0.2) is 0 Å². The van der Waals surface area contributed by atoms with Crippen molar-refractivity contribution < 1.29 is 14.7 Å². The van der Waals surface area contributed by atoms with E-state index in [9.17, 15) is 9.59 Å². The van der Waals surface area contributed by atoms with Crippen molar-refractivity contribution in [2.45, 2.75) is 24.9 Å². The van der Waals surface area contributed by atoms with Gasteiger partial charge in [0.25, 0.3) is 0 Å². The van der Waals surface area contributed by atoms with Gasteiger partial charge in [-0.15, -0.1) is 0 Å². The molecule has 84 valence electrons. The molecule has 1 saturated heterocycles. The van der Waals surface area contributed by atoms with Crippen LogP contribution in [0.4, 0.5) is 0 Å². The van der Waals surface area contributed by atoms with Gasteiger partial charge in [-0.25, -0.2) is 0 Å². The van der Waals surface area contributed by atoms with Crippen molar-refractivity contribution in [1.82, 2.24) is 10.3 Å². The first-order chi connectivity index (χ1) is 7.66. The molecule has 1 aromatic heterocycles. The number of carboxylic acids is 1. The molecule has 1 aliphatic rings. The first-order valence-corrected chi connectivity index (χ1v) is 5.08. The average Bonchev–Trinajstić information content (AvgIpc) is 2.29. The summed E-state index contributed by atoms with van der Waals surface area (Å²) in [5.41, 5.74) is 0.710. The van der Waals surface area contributed by atoms with Crippen LogP contribution in [0.2, 0.25) is 0 Å². The molecule has 1 aromatic rings. The number of piperidine rings is 1. The summed E-state index contributed by atoms with van der Waals surface area (Å²) in [4.78, 5) is 26.4. The van der Waals surface area contributed by atoms with Gasteiger partial charge >= 0.3 is 5.97 Å². The lowest BCUT2D eigenvalue weighted by molar-refractivity contribution is -0.143. The van der Waals surface area contributed by atoms with Gasteiger partial charge in [-0.1, -0.05) is 6.07 Å². The largest absolute Gasteiger partial charge is 0.480 e. The molecule has 16 heavy (non-hydrogen) atoms. The minimum Gasteiger partial charge on any atom is -0.480 e. The highest BCUT2D eigenvalue weighted by Crippen LogP contribution is 2.21. The average molecular weight is 220 g/mol. The predicted octanol–water partition coefficient (Wildman–Crippen LogP) is 0.528. The molecule has 5 heteroatoms. The number of aliphatic carboxylic acids is 1. The van der Waals surface area contributed by atoms with E-state index in [0.29, 0.717) is 12.1 Å². The van der Waals surface area contributed by atoms with Crippen LogP contribution in [0.5, 0.6) is 0 Å². The maximum absolute atomic E-state index is 11.4. The molecule has 2 unspecified atom stereocenters. The molecule has 0 amide bonds. The zero-order valence-electron chi connectivity index (χ0n) is 8.59. The SMILES string of the molecule is O=C1CC(C(=O)O)NC(c2ccccn2)C1. The minimum atomic E-state index is -0.992. The number of carbonyl (C=O) groups is 2. The fraction of sp³-hybridized carbons (Fsp3) is 0.364. The standard InChI is InChI=1S/C11H12N2O3/c14-7-5-9(8-3-1-2-4-12-8)13-10(6-7)11(15)16/h1-4,9-10,13H,5-6H2,(H,15,16). The number of pyridine rings is 1. The van der Waals surface area contributed by atoms with Crippen molar-refractivity contribution >= 4 is 11.8 Å². The molecule has 2 rings (SSSR count). The molecule has 0 aliphatic carbocycles. The number of hydrogen-bond donors (Lipinski definition) is 2. The molecule has 2 heterocycles. The maximum Gasteiger partial charge on any atom is 0.321 e. The van der Waals surface area contributed by atoms with Crippen LogP contribution in [0.15, 0.2) is 24.4 Å². The molecular weight excluding hydrogens is 208 g/mol. The topological polar surface area (TPSA) is 79.3 Å². The first kappa shape index (κ1) is 10.8. The summed E-state index contributed by atoms with van der Waals surface area (Å²) in [6.07, 6.45) is 1.99. The third kappa shape index (κ3) is 2.25. The number of Topliss-reactive ketones (excluding diaryl/α,β-unsaturated/α-hetero) is 1. The molecule has 0 radical (unpaired) electrons. The van der Waals surface area contributed by atoms with Crippen molar-refractivity contribution in [3.63, 3.8) is 0 Å². The van der Waals surface area contributed by atoms with Gasteiger partial charge in [-0.2, -0.15) is 0 Å². The zero-order valence-corrected chi connectivity index (χ0v) is 8.59. The number of nitrogens with one attached hydrogen (secondary N) is 1. The fourth-order valence-electron chi connectivity index (χ4n) is 1.83. The zero-order chi connectivity index (χ0) is 11.5. The second kappa shape index (κ2) is 4.40. The Kier molecular flexibility index (Phi) is 2.96. The van der Waals surface area contributed by atoms with Crippen LogP contribution in [0, 0.1) is 0 Å². The number of rotatable bonds is 2. The van der Waals surface area contributed by atoms with Crippen LogP contribution >= 0.6 is 0 Å².